The van der Waals surface area contributed by atoms with Gasteiger partial charge in [0.1, 0.15) is 5.75 Å². The molecule has 1 aromatic carbocycles. The first kappa shape index (κ1) is 15.7. The van der Waals surface area contributed by atoms with Crippen LogP contribution in [-0.2, 0) is 26.8 Å². The third-order valence-electron chi connectivity index (χ3n) is 3.44. The summed E-state index contributed by atoms with van der Waals surface area (Å²) in [4.78, 5) is 25.1. The van der Waals surface area contributed by atoms with E-state index in [-0.39, 0.29) is 18.1 Å². The number of carboxylic acids is 1. The highest BCUT2D eigenvalue weighted by molar-refractivity contribution is 7.85. The van der Waals surface area contributed by atoms with E-state index in [1.807, 2.05) is 6.92 Å². The molecule has 1 aliphatic carbocycles. The topological polar surface area (TPSA) is 74.7 Å². The molecule has 0 bridgehead atoms. The van der Waals surface area contributed by atoms with E-state index >= 15 is 0 Å². The highest BCUT2D eigenvalue weighted by Gasteiger charge is 2.31. The Balaban J connectivity index is 1.96. The normalized spacial score (nSPS) is 15.5. The van der Waals surface area contributed by atoms with Gasteiger partial charge in [0.15, 0.2) is 0 Å². The van der Waals surface area contributed by atoms with Crippen molar-refractivity contribution in [3.8, 4) is 0 Å². The van der Waals surface area contributed by atoms with Gasteiger partial charge in [-0.15, -0.1) is 0 Å². The lowest BCUT2D eigenvalue weighted by Crippen LogP contribution is -2.36. The smallest absolute Gasteiger partial charge is 0.307 e. The van der Waals surface area contributed by atoms with Crippen molar-refractivity contribution < 1.29 is 18.9 Å². The maximum Gasteiger partial charge on any atom is 0.307 e. The minimum atomic E-state index is -1.38. The van der Waals surface area contributed by atoms with Crippen molar-refractivity contribution in [1.82, 2.24) is 4.90 Å². The molecule has 0 radical (unpaired) electrons. The largest absolute Gasteiger partial charge is 0.481 e. The molecule has 6 heteroatoms. The third kappa shape index (κ3) is 4.39. The summed E-state index contributed by atoms with van der Waals surface area (Å²) >= 11 is 0. The highest BCUT2D eigenvalue weighted by Crippen LogP contribution is 2.26. The number of carbonyl (C=O) groups excluding carboxylic acids is 1. The molecular weight excluding hydrogens is 290 g/mol. The predicted octanol–water partition coefficient (Wildman–Crippen LogP) is 1.43. The van der Waals surface area contributed by atoms with E-state index in [2.05, 4.69) is 0 Å². The van der Waals surface area contributed by atoms with E-state index in [0.717, 1.165) is 12.8 Å². The van der Waals surface area contributed by atoms with Crippen LogP contribution in [0.15, 0.2) is 29.2 Å². The summed E-state index contributed by atoms with van der Waals surface area (Å²) in [5.74, 6) is -0.988. The Morgan fingerprint density at radius 2 is 1.90 bits per heavy atom. The second kappa shape index (κ2) is 6.85. The number of rotatable bonds is 7. The van der Waals surface area contributed by atoms with E-state index in [9.17, 15) is 13.8 Å². The minimum absolute atomic E-state index is 0.0113. The van der Waals surface area contributed by atoms with E-state index in [1.54, 1.807) is 29.2 Å². The zero-order valence-corrected chi connectivity index (χ0v) is 12.8. The van der Waals surface area contributed by atoms with E-state index in [1.165, 1.54) is 0 Å². The Morgan fingerprint density at radius 3 is 2.38 bits per heavy atom. The zero-order chi connectivity index (χ0) is 15.4. The van der Waals surface area contributed by atoms with Crippen LogP contribution >= 0.6 is 0 Å². The molecule has 0 aromatic heterocycles. The molecule has 1 atom stereocenters. The Kier molecular flexibility index (Phi) is 5.12. The molecule has 2 rings (SSSR count). The molecule has 1 saturated carbocycles. The molecule has 0 heterocycles. The molecule has 1 fully saturated rings. The minimum Gasteiger partial charge on any atom is -0.481 e. The molecule has 1 unspecified atom stereocenters. The Labute approximate surface area is 126 Å². The van der Waals surface area contributed by atoms with E-state index in [4.69, 9.17) is 5.11 Å². The maximum absolute atomic E-state index is 12.2. The first-order valence-electron chi connectivity index (χ1n) is 6.99. The predicted molar refractivity (Wildman–Crippen MR) is 79.5 cm³/mol. The quantitative estimate of drug-likeness (QED) is 0.827. The fraction of sp³-hybridized carbons (Fsp3) is 0.467. The Morgan fingerprint density at radius 1 is 1.29 bits per heavy atom. The van der Waals surface area contributed by atoms with Crippen LogP contribution < -0.4 is 0 Å². The van der Waals surface area contributed by atoms with Crippen LogP contribution in [0, 0.1) is 0 Å². The monoisotopic (exact) mass is 309 g/mol. The van der Waals surface area contributed by atoms with Crippen molar-refractivity contribution in [2.75, 3.05) is 12.3 Å². The molecule has 5 nitrogen and oxygen atoms in total. The number of amides is 1. The average Bonchev–Trinajstić information content (AvgIpc) is 3.24. The van der Waals surface area contributed by atoms with Crippen LogP contribution in [0.3, 0.4) is 0 Å². The van der Waals surface area contributed by atoms with Gasteiger partial charge < -0.3 is 10.0 Å². The number of nitrogens with zero attached hydrogens (tertiary/aromatic N) is 1. The van der Waals surface area contributed by atoms with Crippen molar-refractivity contribution in [2.24, 2.45) is 0 Å². The summed E-state index contributed by atoms with van der Waals surface area (Å²) < 4.78 is 12.2. The molecule has 21 heavy (non-hydrogen) atoms. The standard InChI is InChI=1S/C15H19NO4S/c1-2-16(12-5-6-12)14(17)10-21(20)13-7-3-11(4-8-13)9-15(18)19/h3-4,7-8,12H,2,5-6,9-10H2,1H3,(H,18,19). The van der Waals surface area contributed by atoms with Crippen LogP contribution in [0.25, 0.3) is 0 Å². The Bertz CT molecular complexity index is 551. The summed E-state index contributed by atoms with van der Waals surface area (Å²) in [6.45, 7) is 2.58. The molecule has 1 aliphatic rings. The molecule has 1 amide bonds. The lowest BCUT2D eigenvalue weighted by molar-refractivity contribution is -0.136. The number of hydrogen-bond acceptors (Lipinski definition) is 3. The second-order valence-corrected chi connectivity index (χ2v) is 6.57. The molecule has 0 spiro atoms. The van der Waals surface area contributed by atoms with Crippen molar-refractivity contribution >= 4 is 22.7 Å². The Hall–Kier alpha value is -1.69. The maximum atomic E-state index is 12.2. The van der Waals surface area contributed by atoms with Crippen LogP contribution in [0.1, 0.15) is 25.3 Å². The average molecular weight is 309 g/mol. The number of aliphatic carboxylic acids is 1. The van der Waals surface area contributed by atoms with Gasteiger partial charge in [0.05, 0.1) is 17.2 Å². The fourth-order valence-electron chi connectivity index (χ4n) is 2.24. The lowest BCUT2D eigenvalue weighted by Gasteiger charge is -2.19. The van der Waals surface area contributed by atoms with Crippen molar-refractivity contribution in [1.29, 1.82) is 0 Å². The van der Waals surface area contributed by atoms with Crippen molar-refractivity contribution in [2.45, 2.75) is 37.1 Å². The second-order valence-electron chi connectivity index (χ2n) is 5.12. The SMILES string of the molecule is CCN(C(=O)CS(=O)c1ccc(CC(=O)O)cc1)C1CC1. The summed E-state index contributed by atoms with van der Waals surface area (Å²) in [5, 5.41) is 8.70. The van der Waals surface area contributed by atoms with E-state index < -0.39 is 16.8 Å². The summed E-state index contributed by atoms with van der Waals surface area (Å²) in [6.07, 6.45) is 2.02. The number of carbonyl (C=O) groups is 2. The van der Waals surface area contributed by atoms with Gasteiger partial charge in [-0.1, -0.05) is 12.1 Å². The molecular formula is C15H19NO4S. The van der Waals surface area contributed by atoms with Crippen LogP contribution in [0.2, 0.25) is 0 Å². The highest BCUT2D eigenvalue weighted by atomic mass is 32.2. The van der Waals surface area contributed by atoms with Gasteiger partial charge in [0, 0.05) is 17.5 Å². The number of benzene rings is 1. The van der Waals surface area contributed by atoms with Crippen LogP contribution in [0.4, 0.5) is 0 Å². The van der Waals surface area contributed by atoms with Crippen molar-refractivity contribution in [3.63, 3.8) is 0 Å². The van der Waals surface area contributed by atoms with Gasteiger partial charge >= 0.3 is 5.97 Å². The zero-order valence-electron chi connectivity index (χ0n) is 11.9. The van der Waals surface area contributed by atoms with Gasteiger partial charge in [-0.2, -0.15) is 0 Å². The molecule has 0 aliphatic heterocycles. The number of hydrogen-bond donors (Lipinski definition) is 1. The third-order valence-corrected chi connectivity index (χ3v) is 4.75. The molecule has 0 saturated heterocycles. The van der Waals surface area contributed by atoms with Crippen LogP contribution in [0.5, 0.6) is 0 Å². The summed E-state index contributed by atoms with van der Waals surface area (Å²) in [5.41, 5.74) is 0.655. The van der Waals surface area contributed by atoms with Crippen molar-refractivity contribution in [3.05, 3.63) is 29.8 Å². The first-order valence-corrected chi connectivity index (χ1v) is 8.31. The molecule has 1 aromatic rings. The summed E-state index contributed by atoms with van der Waals surface area (Å²) in [6, 6.07) is 6.89. The fourth-order valence-corrected chi connectivity index (χ4v) is 3.23. The molecule has 1 N–H and O–H groups in total. The molecule has 114 valence electrons. The van der Waals surface area contributed by atoms with Gasteiger partial charge in [0.2, 0.25) is 5.91 Å². The number of carboxylic acid groups (broad SMARTS) is 1. The van der Waals surface area contributed by atoms with Gasteiger partial charge in [-0.25, -0.2) is 0 Å². The first-order chi connectivity index (χ1) is 10.0. The van der Waals surface area contributed by atoms with Crippen LogP contribution in [-0.4, -0.2) is 44.4 Å². The van der Waals surface area contributed by atoms with Gasteiger partial charge in [-0.3, -0.25) is 13.8 Å². The van der Waals surface area contributed by atoms with Gasteiger partial charge in [0.25, 0.3) is 0 Å². The summed E-state index contributed by atoms with van der Waals surface area (Å²) in [7, 11) is -1.38. The lowest BCUT2D eigenvalue weighted by atomic mass is 10.2. The van der Waals surface area contributed by atoms with Gasteiger partial charge in [-0.05, 0) is 37.5 Å². The van der Waals surface area contributed by atoms with E-state index in [0.29, 0.717) is 23.0 Å².